The average molecular weight is 355 g/mol. The highest BCUT2D eigenvalue weighted by atomic mass is 16.5. The number of aliphatic carboxylic acids is 1. The molecule has 0 saturated heterocycles. The first-order valence-electron chi connectivity index (χ1n) is 10.1. The Hall–Kier alpha value is -1.32. The molecule has 1 atom stereocenters. The van der Waals surface area contributed by atoms with Gasteiger partial charge in [0.05, 0.1) is 6.10 Å². The minimum atomic E-state index is -0.800. The van der Waals surface area contributed by atoms with Gasteiger partial charge in [-0.2, -0.15) is 0 Å². The molecule has 1 unspecified atom stereocenters. The van der Waals surface area contributed by atoms with Crippen molar-refractivity contribution in [3.8, 4) is 0 Å². The molecule has 0 rings (SSSR count). The lowest BCUT2D eigenvalue weighted by Crippen LogP contribution is -2.15. The van der Waals surface area contributed by atoms with Gasteiger partial charge in [0.25, 0.3) is 0 Å². The van der Waals surface area contributed by atoms with Crippen molar-refractivity contribution in [1.29, 1.82) is 0 Å². The van der Waals surface area contributed by atoms with Crippen molar-refractivity contribution >= 4 is 11.9 Å². The number of hydrogen-bond acceptors (Lipinski definition) is 3. The third-order valence-corrected chi connectivity index (χ3v) is 4.23. The third-order valence-electron chi connectivity index (χ3n) is 4.23. The quantitative estimate of drug-likeness (QED) is 0.196. The SMILES string of the molecule is CCCCC/C=C\CCCCCCCC(=O)OC(C)CCCC(=O)O. The van der Waals surface area contributed by atoms with Crippen LogP contribution in [0.2, 0.25) is 0 Å². The third kappa shape index (κ3) is 18.9. The van der Waals surface area contributed by atoms with Crippen molar-refractivity contribution in [3.63, 3.8) is 0 Å². The van der Waals surface area contributed by atoms with E-state index in [-0.39, 0.29) is 18.5 Å². The summed E-state index contributed by atoms with van der Waals surface area (Å²) in [5.41, 5.74) is 0. The summed E-state index contributed by atoms with van der Waals surface area (Å²) < 4.78 is 5.29. The molecule has 4 nitrogen and oxygen atoms in total. The molecule has 0 aliphatic rings. The Morgan fingerprint density at radius 3 is 2.12 bits per heavy atom. The van der Waals surface area contributed by atoms with E-state index < -0.39 is 5.97 Å². The van der Waals surface area contributed by atoms with Crippen molar-refractivity contribution < 1.29 is 19.4 Å². The van der Waals surface area contributed by atoms with Crippen LogP contribution in [0.3, 0.4) is 0 Å². The lowest BCUT2D eigenvalue weighted by atomic mass is 10.1. The van der Waals surface area contributed by atoms with Crippen LogP contribution in [0.1, 0.15) is 104 Å². The zero-order chi connectivity index (χ0) is 18.8. The van der Waals surface area contributed by atoms with E-state index in [9.17, 15) is 9.59 Å². The van der Waals surface area contributed by atoms with Gasteiger partial charge in [-0.25, -0.2) is 0 Å². The van der Waals surface area contributed by atoms with Crippen LogP contribution in [-0.4, -0.2) is 23.1 Å². The summed E-state index contributed by atoms with van der Waals surface area (Å²) >= 11 is 0. The fourth-order valence-corrected chi connectivity index (χ4v) is 2.69. The molecule has 1 N–H and O–H groups in total. The number of carbonyl (C=O) groups excluding carboxylic acids is 1. The standard InChI is InChI=1S/C21H38O4/c1-3-4-5-6-7-8-9-10-11-12-13-14-18-21(24)25-19(2)16-15-17-20(22)23/h7-8,19H,3-6,9-18H2,1-2H3,(H,22,23)/b8-7-. The molecule has 146 valence electrons. The average Bonchev–Trinajstić information content (AvgIpc) is 2.55. The zero-order valence-electron chi connectivity index (χ0n) is 16.3. The monoisotopic (exact) mass is 354 g/mol. The molecule has 25 heavy (non-hydrogen) atoms. The van der Waals surface area contributed by atoms with E-state index in [1.165, 1.54) is 51.4 Å². The zero-order valence-corrected chi connectivity index (χ0v) is 16.3. The van der Waals surface area contributed by atoms with E-state index >= 15 is 0 Å². The minimum Gasteiger partial charge on any atom is -0.481 e. The number of carbonyl (C=O) groups is 2. The fraction of sp³-hybridized carbons (Fsp3) is 0.810. The number of unbranched alkanes of at least 4 members (excludes halogenated alkanes) is 8. The van der Waals surface area contributed by atoms with Gasteiger partial charge in [-0.3, -0.25) is 9.59 Å². The van der Waals surface area contributed by atoms with Crippen molar-refractivity contribution in [2.75, 3.05) is 0 Å². The van der Waals surface area contributed by atoms with Crippen LogP contribution in [0.25, 0.3) is 0 Å². The Labute approximate surface area is 154 Å². The van der Waals surface area contributed by atoms with Crippen LogP contribution in [0.15, 0.2) is 12.2 Å². The van der Waals surface area contributed by atoms with Crippen LogP contribution in [-0.2, 0) is 14.3 Å². The fourth-order valence-electron chi connectivity index (χ4n) is 2.69. The summed E-state index contributed by atoms with van der Waals surface area (Å²) in [5, 5.41) is 8.58. The highest BCUT2D eigenvalue weighted by Gasteiger charge is 2.09. The first-order chi connectivity index (χ1) is 12.1. The normalized spacial score (nSPS) is 12.4. The van der Waals surface area contributed by atoms with Gasteiger partial charge in [0.15, 0.2) is 0 Å². The summed E-state index contributed by atoms with van der Waals surface area (Å²) in [5.74, 6) is -0.955. The second-order valence-electron chi connectivity index (χ2n) is 6.86. The predicted molar refractivity (Wildman–Crippen MR) is 103 cm³/mol. The van der Waals surface area contributed by atoms with Gasteiger partial charge in [-0.05, 0) is 51.9 Å². The molecule has 0 saturated carbocycles. The second kappa shape index (κ2) is 17.5. The molecule has 0 aromatic heterocycles. The minimum absolute atomic E-state index is 0.135. The Bertz CT molecular complexity index is 363. The molecule has 0 heterocycles. The number of ether oxygens (including phenoxy) is 1. The lowest BCUT2D eigenvalue weighted by Gasteiger charge is -2.12. The smallest absolute Gasteiger partial charge is 0.306 e. The molecule has 0 fully saturated rings. The molecule has 0 radical (unpaired) electrons. The first-order valence-corrected chi connectivity index (χ1v) is 10.1. The molecule has 0 aliphatic heterocycles. The largest absolute Gasteiger partial charge is 0.481 e. The Morgan fingerprint density at radius 1 is 0.880 bits per heavy atom. The van der Waals surface area contributed by atoms with Crippen molar-refractivity contribution in [1.82, 2.24) is 0 Å². The molecule has 0 amide bonds. The maximum absolute atomic E-state index is 11.7. The molecule has 0 spiro atoms. The summed E-state index contributed by atoms with van der Waals surface area (Å²) in [4.78, 5) is 22.1. The number of carboxylic acids is 1. The number of rotatable bonds is 17. The van der Waals surface area contributed by atoms with E-state index in [0.717, 1.165) is 12.8 Å². The van der Waals surface area contributed by atoms with Crippen LogP contribution in [0.4, 0.5) is 0 Å². The summed E-state index contributed by atoms with van der Waals surface area (Å²) in [7, 11) is 0. The summed E-state index contributed by atoms with van der Waals surface area (Å²) in [6.07, 6.45) is 18.1. The number of hydrogen-bond donors (Lipinski definition) is 1. The molecule has 4 heteroatoms. The summed E-state index contributed by atoms with van der Waals surface area (Å²) in [6.45, 7) is 4.06. The molecular weight excluding hydrogens is 316 g/mol. The molecule has 0 bridgehead atoms. The topological polar surface area (TPSA) is 63.6 Å². The second-order valence-corrected chi connectivity index (χ2v) is 6.86. The van der Waals surface area contributed by atoms with E-state index in [4.69, 9.17) is 9.84 Å². The van der Waals surface area contributed by atoms with E-state index in [1.54, 1.807) is 0 Å². The molecular formula is C21H38O4. The first kappa shape index (κ1) is 23.7. The van der Waals surface area contributed by atoms with Crippen LogP contribution >= 0.6 is 0 Å². The highest BCUT2D eigenvalue weighted by molar-refractivity contribution is 5.69. The van der Waals surface area contributed by atoms with Gasteiger partial charge in [0.2, 0.25) is 0 Å². The van der Waals surface area contributed by atoms with Gasteiger partial charge in [0, 0.05) is 12.8 Å². The van der Waals surface area contributed by atoms with Crippen molar-refractivity contribution in [2.24, 2.45) is 0 Å². The van der Waals surface area contributed by atoms with Crippen molar-refractivity contribution in [2.45, 2.75) is 110 Å². The number of carboxylic acid groups (broad SMARTS) is 1. The lowest BCUT2D eigenvalue weighted by molar-refractivity contribution is -0.148. The number of allylic oxidation sites excluding steroid dienone is 2. The van der Waals surface area contributed by atoms with Gasteiger partial charge in [-0.1, -0.05) is 51.2 Å². The van der Waals surface area contributed by atoms with E-state index in [1.807, 2.05) is 6.92 Å². The van der Waals surface area contributed by atoms with Crippen LogP contribution in [0, 0.1) is 0 Å². The van der Waals surface area contributed by atoms with E-state index in [2.05, 4.69) is 19.1 Å². The van der Waals surface area contributed by atoms with E-state index in [0.29, 0.717) is 19.3 Å². The Morgan fingerprint density at radius 2 is 1.48 bits per heavy atom. The maximum Gasteiger partial charge on any atom is 0.306 e. The van der Waals surface area contributed by atoms with Gasteiger partial charge < -0.3 is 9.84 Å². The molecule has 0 aliphatic carbocycles. The predicted octanol–water partition coefficient (Wildman–Crippen LogP) is 6.04. The molecule has 0 aromatic rings. The number of esters is 1. The van der Waals surface area contributed by atoms with Crippen LogP contribution in [0.5, 0.6) is 0 Å². The van der Waals surface area contributed by atoms with Crippen LogP contribution < -0.4 is 0 Å². The highest BCUT2D eigenvalue weighted by Crippen LogP contribution is 2.11. The maximum atomic E-state index is 11.7. The molecule has 0 aromatic carbocycles. The van der Waals surface area contributed by atoms with Crippen molar-refractivity contribution in [3.05, 3.63) is 12.2 Å². The Kier molecular flexibility index (Phi) is 16.6. The summed E-state index contributed by atoms with van der Waals surface area (Å²) in [6, 6.07) is 0. The van der Waals surface area contributed by atoms with Gasteiger partial charge >= 0.3 is 11.9 Å². The Balaban J connectivity index is 3.38. The van der Waals surface area contributed by atoms with Gasteiger partial charge in [-0.15, -0.1) is 0 Å². The van der Waals surface area contributed by atoms with Gasteiger partial charge in [0.1, 0.15) is 0 Å².